The number of pyridine rings is 1. The molecule has 0 aliphatic carbocycles. The molecule has 0 aliphatic rings. The van der Waals surface area contributed by atoms with E-state index in [0.29, 0.717) is 6.54 Å². The molecule has 0 aromatic carbocycles. The molecule has 0 aliphatic heterocycles. The number of thiophene rings is 1. The molecule has 19 heavy (non-hydrogen) atoms. The molecular formula is C13H12ClNO3S. The number of rotatable bonds is 4. The Kier molecular flexibility index (Phi) is 4.07. The number of nitrogens with zero attached hydrogens (tertiary/aromatic N) is 1. The predicted molar refractivity (Wildman–Crippen MR) is 75.4 cm³/mol. The zero-order valence-electron chi connectivity index (χ0n) is 10.2. The minimum atomic E-state index is -1.20. The third-order valence-electron chi connectivity index (χ3n) is 2.80. The first kappa shape index (κ1) is 13.8. The Labute approximate surface area is 118 Å². The van der Waals surface area contributed by atoms with E-state index in [9.17, 15) is 9.59 Å². The lowest BCUT2D eigenvalue weighted by Crippen LogP contribution is -2.19. The van der Waals surface area contributed by atoms with Gasteiger partial charge in [-0.3, -0.25) is 4.79 Å². The van der Waals surface area contributed by atoms with Crippen molar-refractivity contribution < 1.29 is 9.90 Å². The van der Waals surface area contributed by atoms with Crippen LogP contribution in [0.15, 0.2) is 29.2 Å². The molecule has 4 nitrogen and oxygen atoms in total. The lowest BCUT2D eigenvalue weighted by Gasteiger charge is -2.10. The summed E-state index contributed by atoms with van der Waals surface area (Å²) in [5.41, 5.74) is 0.0906. The van der Waals surface area contributed by atoms with Crippen LogP contribution in [0.25, 0.3) is 0 Å². The second kappa shape index (κ2) is 5.59. The van der Waals surface area contributed by atoms with Crippen LogP contribution in [-0.4, -0.2) is 15.6 Å². The third kappa shape index (κ3) is 3.24. The molecule has 2 heterocycles. The number of halogens is 1. The Morgan fingerprint density at radius 3 is 2.79 bits per heavy atom. The van der Waals surface area contributed by atoms with Crippen LogP contribution >= 0.6 is 22.9 Å². The summed E-state index contributed by atoms with van der Waals surface area (Å²) in [5.74, 6) is -1.20. The largest absolute Gasteiger partial charge is 0.477 e. The van der Waals surface area contributed by atoms with Crippen molar-refractivity contribution in [3.8, 4) is 0 Å². The van der Waals surface area contributed by atoms with E-state index in [1.807, 2.05) is 12.1 Å². The minimum Gasteiger partial charge on any atom is -0.477 e. The second-order valence-electron chi connectivity index (χ2n) is 4.15. The molecule has 2 aromatic heterocycles. The number of aromatic carboxylic acids is 1. The van der Waals surface area contributed by atoms with Gasteiger partial charge in [-0.2, -0.15) is 0 Å². The number of aromatic nitrogens is 1. The number of aryl methyl sites for hydroxylation is 3. The van der Waals surface area contributed by atoms with Crippen molar-refractivity contribution >= 4 is 28.9 Å². The van der Waals surface area contributed by atoms with Gasteiger partial charge in [-0.15, -0.1) is 11.3 Å². The van der Waals surface area contributed by atoms with Crippen molar-refractivity contribution in [3.05, 3.63) is 55.1 Å². The van der Waals surface area contributed by atoms with Crippen LogP contribution in [0.2, 0.25) is 4.34 Å². The van der Waals surface area contributed by atoms with Crippen molar-refractivity contribution in [2.45, 2.75) is 19.9 Å². The van der Waals surface area contributed by atoms with Crippen LogP contribution in [0.4, 0.5) is 0 Å². The van der Waals surface area contributed by atoms with Gasteiger partial charge in [0.15, 0.2) is 5.43 Å². The van der Waals surface area contributed by atoms with Gasteiger partial charge in [-0.05, 0) is 25.5 Å². The summed E-state index contributed by atoms with van der Waals surface area (Å²) in [5, 5.41) is 8.94. The van der Waals surface area contributed by atoms with E-state index in [-0.39, 0.29) is 5.56 Å². The predicted octanol–water partition coefficient (Wildman–Crippen LogP) is 2.81. The molecule has 0 saturated carbocycles. The summed E-state index contributed by atoms with van der Waals surface area (Å²) in [7, 11) is 0. The van der Waals surface area contributed by atoms with E-state index >= 15 is 0 Å². The van der Waals surface area contributed by atoms with Gasteiger partial charge in [-0.1, -0.05) is 11.6 Å². The number of hydrogen-bond acceptors (Lipinski definition) is 3. The van der Waals surface area contributed by atoms with Crippen LogP contribution in [0.1, 0.15) is 20.9 Å². The number of carboxylic acids is 1. The minimum absolute atomic E-state index is 0.199. The van der Waals surface area contributed by atoms with Gasteiger partial charge in [0.05, 0.1) is 4.34 Å². The van der Waals surface area contributed by atoms with Gasteiger partial charge in [0.2, 0.25) is 0 Å². The summed E-state index contributed by atoms with van der Waals surface area (Å²) in [4.78, 5) is 23.6. The Hall–Kier alpha value is -1.59. The topological polar surface area (TPSA) is 59.3 Å². The van der Waals surface area contributed by atoms with Gasteiger partial charge in [0.1, 0.15) is 5.56 Å². The van der Waals surface area contributed by atoms with E-state index in [4.69, 9.17) is 16.7 Å². The smallest absolute Gasteiger partial charge is 0.341 e. The first-order valence-electron chi connectivity index (χ1n) is 5.66. The lowest BCUT2D eigenvalue weighted by molar-refractivity contribution is 0.0694. The fourth-order valence-electron chi connectivity index (χ4n) is 1.79. The van der Waals surface area contributed by atoms with E-state index < -0.39 is 11.4 Å². The Balaban J connectivity index is 2.22. The molecule has 0 radical (unpaired) electrons. The average Bonchev–Trinajstić information content (AvgIpc) is 2.73. The average molecular weight is 298 g/mol. The second-order valence-corrected chi connectivity index (χ2v) is 5.95. The number of hydrogen-bond donors (Lipinski definition) is 1. The molecule has 0 saturated heterocycles. The molecule has 0 atom stereocenters. The summed E-state index contributed by atoms with van der Waals surface area (Å²) in [6, 6.07) is 5.14. The molecule has 0 bridgehead atoms. The SMILES string of the molecule is Cc1cc(=O)c(C(=O)O)cn1CCc1ccc(Cl)s1. The van der Waals surface area contributed by atoms with Crippen LogP contribution in [0, 0.1) is 6.92 Å². The van der Waals surface area contributed by atoms with Crippen LogP contribution in [0.5, 0.6) is 0 Å². The molecule has 0 spiro atoms. The molecular weight excluding hydrogens is 286 g/mol. The normalized spacial score (nSPS) is 10.6. The van der Waals surface area contributed by atoms with Crippen molar-refractivity contribution in [2.24, 2.45) is 0 Å². The molecule has 2 rings (SSSR count). The van der Waals surface area contributed by atoms with E-state index in [1.165, 1.54) is 23.6 Å². The number of carboxylic acid groups (broad SMARTS) is 1. The summed E-state index contributed by atoms with van der Waals surface area (Å²) >= 11 is 7.35. The molecule has 0 amide bonds. The van der Waals surface area contributed by atoms with E-state index in [1.54, 1.807) is 11.5 Å². The first-order valence-corrected chi connectivity index (χ1v) is 6.85. The first-order chi connectivity index (χ1) is 8.97. The Morgan fingerprint density at radius 2 is 2.21 bits per heavy atom. The third-order valence-corrected chi connectivity index (χ3v) is 4.09. The number of carbonyl (C=O) groups is 1. The van der Waals surface area contributed by atoms with Crippen molar-refractivity contribution in [1.82, 2.24) is 4.57 Å². The van der Waals surface area contributed by atoms with Gasteiger partial charge < -0.3 is 9.67 Å². The molecule has 1 N–H and O–H groups in total. The van der Waals surface area contributed by atoms with Crippen LogP contribution in [0.3, 0.4) is 0 Å². The summed E-state index contributed by atoms with van der Waals surface area (Å²) in [6.07, 6.45) is 2.15. The fraction of sp³-hybridized carbons (Fsp3) is 0.231. The molecule has 0 unspecified atom stereocenters. The molecule has 100 valence electrons. The van der Waals surface area contributed by atoms with Gasteiger partial charge >= 0.3 is 5.97 Å². The highest BCUT2D eigenvalue weighted by Crippen LogP contribution is 2.22. The van der Waals surface area contributed by atoms with Gasteiger partial charge in [0.25, 0.3) is 0 Å². The van der Waals surface area contributed by atoms with Gasteiger partial charge in [-0.25, -0.2) is 4.79 Å². The summed E-state index contributed by atoms with van der Waals surface area (Å²) in [6.45, 7) is 2.40. The highest BCUT2D eigenvalue weighted by atomic mass is 35.5. The molecule has 6 heteroatoms. The maximum Gasteiger partial charge on any atom is 0.341 e. The fourth-order valence-corrected chi connectivity index (χ4v) is 2.87. The Bertz CT molecular complexity index is 675. The maximum atomic E-state index is 11.5. The van der Waals surface area contributed by atoms with Crippen molar-refractivity contribution in [1.29, 1.82) is 0 Å². The zero-order chi connectivity index (χ0) is 14.0. The van der Waals surface area contributed by atoms with Crippen molar-refractivity contribution in [2.75, 3.05) is 0 Å². The monoisotopic (exact) mass is 297 g/mol. The van der Waals surface area contributed by atoms with Crippen molar-refractivity contribution in [3.63, 3.8) is 0 Å². The quantitative estimate of drug-likeness (QED) is 0.944. The summed E-state index contributed by atoms with van der Waals surface area (Å²) < 4.78 is 2.51. The standard InChI is InChI=1S/C13H12ClNO3S/c1-8-6-11(16)10(13(17)18)7-15(8)5-4-9-2-3-12(14)19-9/h2-3,6-7H,4-5H2,1H3,(H,17,18). The Morgan fingerprint density at radius 1 is 1.47 bits per heavy atom. The van der Waals surface area contributed by atoms with E-state index in [2.05, 4.69) is 0 Å². The van der Waals surface area contributed by atoms with Gasteiger partial charge in [0, 0.05) is 29.4 Å². The highest BCUT2D eigenvalue weighted by Gasteiger charge is 2.10. The van der Waals surface area contributed by atoms with Crippen LogP contribution < -0.4 is 5.43 Å². The molecule has 2 aromatic rings. The van der Waals surface area contributed by atoms with E-state index in [0.717, 1.165) is 21.3 Å². The lowest BCUT2D eigenvalue weighted by atomic mass is 10.2. The maximum absolute atomic E-state index is 11.5. The molecule has 0 fully saturated rings. The highest BCUT2D eigenvalue weighted by molar-refractivity contribution is 7.16. The zero-order valence-corrected chi connectivity index (χ0v) is 11.8. The van der Waals surface area contributed by atoms with Crippen LogP contribution in [-0.2, 0) is 13.0 Å².